The molecule has 14 nitrogen and oxygen atoms in total. The van der Waals surface area contributed by atoms with Gasteiger partial charge in [0, 0.05) is 23.8 Å². The summed E-state index contributed by atoms with van der Waals surface area (Å²) >= 11 is 0. The van der Waals surface area contributed by atoms with Crippen molar-refractivity contribution in [2.75, 3.05) is 13.7 Å². The van der Waals surface area contributed by atoms with Crippen LogP contribution in [0.4, 0.5) is 0 Å². The van der Waals surface area contributed by atoms with Crippen LogP contribution in [0.25, 0.3) is 28.4 Å². The monoisotopic (exact) mass is 624 g/mol. The normalized spacial score (nSPS) is 21.6. The Kier molecular flexibility index (Phi) is 8.83. The zero-order valence-corrected chi connectivity index (χ0v) is 23.4. The Bertz CT molecular complexity index is 1800. The van der Waals surface area contributed by atoms with Gasteiger partial charge in [-0.1, -0.05) is 6.07 Å². The molecule has 1 fully saturated rings. The SMILES string of the molecule is COc1cc(C=CC(=O)OC[C@H]2O[C@@H](Oc3c(-c4ccc(O)cc4)oc4cc(O)cc(O)c4c3=O)[C@H](O)[C@@H](O)[C@@H]2O)ccc1O. The van der Waals surface area contributed by atoms with Gasteiger partial charge >= 0.3 is 5.97 Å². The lowest BCUT2D eigenvalue weighted by atomic mass is 9.99. The van der Waals surface area contributed by atoms with E-state index in [1.807, 2.05) is 0 Å². The quantitative estimate of drug-likeness (QED) is 0.110. The Balaban J connectivity index is 1.40. The molecule has 0 aliphatic carbocycles. The number of rotatable bonds is 8. The van der Waals surface area contributed by atoms with Crippen LogP contribution in [0.3, 0.4) is 0 Å². The molecule has 0 bridgehead atoms. The molecule has 45 heavy (non-hydrogen) atoms. The molecule has 2 heterocycles. The van der Waals surface area contributed by atoms with E-state index in [4.69, 9.17) is 23.4 Å². The van der Waals surface area contributed by atoms with Crippen LogP contribution in [0.2, 0.25) is 0 Å². The first-order valence-corrected chi connectivity index (χ1v) is 13.4. The molecule has 0 radical (unpaired) electrons. The van der Waals surface area contributed by atoms with Crippen molar-refractivity contribution in [1.29, 1.82) is 0 Å². The van der Waals surface area contributed by atoms with Gasteiger partial charge in [0.05, 0.1) is 7.11 Å². The molecule has 1 saturated heterocycles. The third-order valence-electron chi connectivity index (χ3n) is 6.96. The number of carbonyl (C=O) groups is 1. The summed E-state index contributed by atoms with van der Waals surface area (Å²) in [5.41, 5.74) is -0.439. The number of hydrogen-bond donors (Lipinski definition) is 7. The van der Waals surface area contributed by atoms with Gasteiger partial charge in [0.15, 0.2) is 17.3 Å². The molecule has 7 N–H and O–H groups in total. The Hall–Kier alpha value is -5.28. The lowest BCUT2D eigenvalue weighted by Gasteiger charge is -2.39. The van der Waals surface area contributed by atoms with Crippen molar-refractivity contribution >= 4 is 23.0 Å². The second-order valence-corrected chi connectivity index (χ2v) is 10.0. The van der Waals surface area contributed by atoms with Gasteiger partial charge in [-0.15, -0.1) is 0 Å². The standard InChI is InChI=1S/C31H28O14/c1-41-20-10-14(2-8-18(20)34)3-9-23(36)42-13-22-25(37)27(39)28(40)31(44-22)45-30-26(38)24-19(35)11-17(33)12-21(24)43-29(30)15-4-6-16(32)7-5-15/h2-12,22,25,27-28,31-35,37,39-40H,13H2,1H3/t22-,25-,27+,28-,31+/m1/s1. The summed E-state index contributed by atoms with van der Waals surface area (Å²) in [7, 11) is 1.37. The van der Waals surface area contributed by atoms with E-state index in [2.05, 4.69) is 0 Å². The van der Waals surface area contributed by atoms with Crippen molar-refractivity contribution in [2.45, 2.75) is 30.7 Å². The van der Waals surface area contributed by atoms with Crippen LogP contribution in [0.1, 0.15) is 5.56 Å². The number of methoxy groups -OCH3 is 1. The minimum absolute atomic E-state index is 0.0917. The van der Waals surface area contributed by atoms with Crippen LogP contribution >= 0.6 is 0 Å². The van der Waals surface area contributed by atoms with E-state index in [9.17, 15) is 45.3 Å². The largest absolute Gasteiger partial charge is 0.508 e. The Morgan fingerprint density at radius 1 is 0.889 bits per heavy atom. The zero-order valence-electron chi connectivity index (χ0n) is 23.4. The number of carbonyl (C=O) groups excluding carboxylic acids is 1. The molecular formula is C31H28O14. The van der Waals surface area contributed by atoms with E-state index in [0.29, 0.717) is 5.56 Å². The number of benzene rings is 3. The number of fused-ring (bicyclic) bond motifs is 1. The Labute approximate surface area is 253 Å². The molecule has 0 unspecified atom stereocenters. The number of esters is 1. The van der Waals surface area contributed by atoms with Gasteiger partial charge in [-0.05, 0) is 48.0 Å². The Morgan fingerprint density at radius 3 is 2.33 bits per heavy atom. The highest BCUT2D eigenvalue weighted by Gasteiger charge is 2.46. The van der Waals surface area contributed by atoms with Gasteiger partial charge < -0.3 is 59.1 Å². The molecule has 1 aromatic heterocycles. The molecule has 5 rings (SSSR count). The summed E-state index contributed by atoms with van der Waals surface area (Å²) < 4.78 is 27.3. The number of phenols is 4. The molecule has 0 saturated carbocycles. The second-order valence-electron chi connectivity index (χ2n) is 10.0. The van der Waals surface area contributed by atoms with Crippen molar-refractivity contribution in [2.24, 2.45) is 0 Å². The summed E-state index contributed by atoms with van der Waals surface area (Å²) in [5.74, 6) is -2.72. The fourth-order valence-corrected chi connectivity index (χ4v) is 4.62. The summed E-state index contributed by atoms with van der Waals surface area (Å²) in [4.78, 5) is 25.9. The van der Waals surface area contributed by atoms with E-state index in [1.165, 1.54) is 55.7 Å². The lowest BCUT2D eigenvalue weighted by molar-refractivity contribution is -0.278. The average molecular weight is 625 g/mol. The molecule has 5 atom stereocenters. The lowest BCUT2D eigenvalue weighted by Crippen LogP contribution is -2.60. The number of phenolic OH excluding ortho intramolecular Hbond substituents is 4. The van der Waals surface area contributed by atoms with E-state index in [1.54, 1.807) is 0 Å². The molecule has 0 amide bonds. The fraction of sp³-hybridized carbons (Fsp3) is 0.226. The first kappa shape index (κ1) is 31.2. The molecule has 0 spiro atoms. The zero-order chi connectivity index (χ0) is 32.4. The van der Waals surface area contributed by atoms with E-state index in [0.717, 1.165) is 18.2 Å². The van der Waals surface area contributed by atoms with Gasteiger partial charge in [-0.25, -0.2) is 4.79 Å². The first-order valence-electron chi connectivity index (χ1n) is 13.4. The van der Waals surface area contributed by atoms with Crippen molar-refractivity contribution in [1.82, 2.24) is 0 Å². The molecule has 236 valence electrons. The second kappa shape index (κ2) is 12.8. The van der Waals surface area contributed by atoms with Crippen LogP contribution in [-0.4, -0.2) is 86.1 Å². The minimum atomic E-state index is -1.91. The molecule has 14 heteroatoms. The van der Waals surface area contributed by atoms with Crippen LogP contribution in [-0.2, 0) is 14.3 Å². The highest BCUT2D eigenvalue weighted by atomic mass is 16.7. The van der Waals surface area contributed by atoms with E-state index >= 15 is 0 Å². The Morgan fingerprint density at radius 2 is 1.62 bits per heavy atom. The van der Waals surface area contributed by atoms with Crippen LogP contribution in [0, 0.1) is 0 Å². The van der Waals surface area contributed by atoms with Gasteiger partial charge in [-0.2, -0.15) is 0 Å². The van der Waals surface area contributed by atoms with Crippen molar-refractivity contribution in [3.8, 4) is 45.8 Å². The van der Waals surface area contributed by atoms with Crippen LogP contribution in [0.5, 0.6) is 34.5 Å². The highest BCUT2D eigenvalue weighted by Crippen LogP contribution is 2.37. The number of aliphatic hydroxyl groups is 3. The van der Waals surface area contributed by atoms with Gasteiger partial charge in [0.2, 0.25) is 17.5 Å². The van der Waals surface area contributed by atoms with Gasteiger partial charge in [-0.3, -0.25) is 4.79 Å². The minimum Gasteiger partial charge on any atom is -0.508 e. The number of aliphatic hydroxyl groups excluding tert-OH is 3. The van der Waals surface area contributed by atoms with E-state index in [-0.39, 0.29) is 39.5 Å². The van der Waals surface area contributed by atoms with Gasteiger partial charge in [0.1, 0.15) is 59.2 Å². The smallest absolute Gasteiger partial charge is 0.330 e. The maximum atomic E-state index is 13.6. The topological polar surface area (TPSA) is 226 Å². The first-order chi connectivity index (χ1) is 21.5. The summed E-state index contributed by atoms with van der Waals surface area (Å²) in [5, 5.41) is 71.1. The third kappa shape index (κ3) is 6.49. The number of ether oxygens (including phenoxy) is 4. The van der Waals surface area contributed by atoms with Gasteiger partial charge in [0.25, 0.3) is 0 Å². The number of hydrogen-bond acceptors (Lipinski definition) is 14. The predicted molar refractivity (Wildman–Crippen MR) is 155 cm³/mol. The molecule has 1 aliphatic rings. The average Bonchev–Trinajstić information content (AvgIpc) is 3.01. The summed E-state index contributed by atoms with van der Waals surface area (Å²) in [6.07, 6.45) is -6.33. The maximum absolute atomic E-state index is 13.6. The summed E-state index contributed by atoms with van der Waals surface area (Å²) in [6.45, 7) is -0.607. The van der Waals surface area contributed by atoms with Crippen molar-refractivity contribution in [3.63, 3.8) is 0 Å². The molecule has 3 aromatic carbocycles. The molecule has 4 aromatic rings. The van der Waals surface area contributed by atoms with Crippen LogP contribution < -0.4 is 14.9 Å². The predicted octanol–water partition coefficient (Wildman–Crippen LogP) is 1.73. The summed E-state index contributed by atoms with van der Waals surface area (Å²) in [6, 6.07) is 11.7. The molecule has 1 aliphatic heterocycles. The van der Waals surface area contributed by atoms with Crippen LogP contribution in [0.15, 0.2) is 69.9 Å². The maximum Gasteiger partial charge on any atom is 0.330 e. The highest BCUT2D eigenvalue weighted by molar-refractivity contribution is 5.88. The van der Waals surface area contributed by atoms with Crippen molar-refractivity contribution in [3.05, 3.63) is 76.5 Å². The number of aromatic hydroxyl groups is 4. The van der Waals surface area contributed by atoms with E-state index < -0.39 is 66.0 Å². The van der Waals surface area contributed by atoms with Crippen molar-refractivity contribution < 1.29 is 63.9 Å². The fourth-order valence-electron chi connectivity index (χ4n) is 4.62. The molecular weight excluding hydrogens is 596 g/mol. The third-order valence-corrected chi connectivity index (χ3v) is 6.96.